The zero-order valence-electron chi connectivity index (χ0n) is 11.1. The standard InChI is InChI=1S/C13H22N4/c1-8(2)13-15-11(14)7-12(16-13)17(4)9(3)10-5-6-10/h7-10H,5-6H2,1-4H3,(H2,14,15,16). The molecule has 0 saturated heterocycles. The zero-order valence-corrected chi connectivity index (χ0v) is 11.1. The summed E-state index contributed by atoms with van der Waals surface area (Å²) in [4.78, 5) is 11.1. The van der Waals surface area contributed by atoms with Gasteiger partial charge in [-0.25, -0.2) is 9.97 Å². The topological polar surface area (TPSA) is 55.0 Å². The van der Waals surface area contributed by atoms with E-state index in [-0.39, 0.29) is 0 Å². The Kier molecular flexibility index (Phi) is 3.22. The van der Waals surface area contributed by atoms with Crippen LogP contribution in [0.2, 0.25) is 0 Å². The van der Waals surface area contributed by atoms with Crippen LogP contribution >= 0.6 is 0 Å². The Morgan fingerprint density at radius 2 is 1.94 bits per heavy atom. The van der Waals surface area contributed by atoms with Crippen LogP contribution in [0, 0.1) is 5.92 Å². The third kappa shape index (κ3) is 2.68. The molecular weight excluding hydrogens is 212 g/mol. The van der Waals surface area contributed by atoms with Gasteiger partial charge in [0.2, 0.25) is 0 Å². The fraction of sp³-hybridized carbons (Fsp3) is 0.692. The van der Waals surface area contributed by atoms with Gasteiger partial charge in [-0.2, -0.15) is 0 Å². The highest BCUT2D eigenvalue weighted by Crippen LogP contribution is 2.36. The molecule has 1 aliphatic carbocycles. The van der Waals surface area contributed by atoms with E-state index in [2.05, 4.69) is 42.7 Å². The molecule has 4 nitrogen and oxygen atoms in total. The number of anilines is 2. The number of hydrogen-bond donors (Lipinski definition) is 1. The molecule has 0 spiro atoms. The third-order valence-corrected chi connectivity index (χ3v) is 3.54. The van der Waals surface area contributed by atoms with Crippen molar-refractivity contribution in [2.75, 3.05) is 17.7 Å². The Morgan fingerprint density at radius 3 is 2.47 bits per heavy atom. The first kappa shape index (κ1) is 12.1. The average Bonchev–Trinajstić information content (AvgIpc) is 3.10. The smallest absolute Gasteiger partial charge is 0.135 e. The molecule has 2 N–H and O–H groups in total. The van der Waals surface area contributed by atoms with Crippen molar-refractivity contribution >= 4 is 11.6 Å². The lowest BCUT2D eigenvalue weighted by Crippen LogP contribution is -2.31. The number of aromatic nitrogens is 2. The Balaban J connectivity index is 2.24. The summed E-state index contributed by atoms with van der Waals surface area (Å²) >= 11 is 0. The second kappa shape index (κ2) is 4.51. The normalized spacial score (nSPS) is 17.2. The summed E-state index contributed by atoms with van der Waals surface area (Å²) in [6, 6.07) is 2.40. The van der Waals surface area contributed by atoms with E-state index >= 15 is 0 Å². The first-order valence-electron chi connectivity index (χ1n) is 6.36. The minimum atomic E-state index is 0.307. The SMILES string of the molecule is CC(C)c1nc(N)cc(N(C)C(C)C2CC2)n1. The highest BCUT2D eigenvalue weighted by Gasteiger charge is 2.31. The molecule has 0 bridgehead atoms. The molecule has 1 atom stereocenters. The van der Waals surface area contributed by atoms with E-state index in [1.807, 2.05) is 6.07 Å². The summed E-state index contributed by atoms with van der Waals surface area (Å²) in [5, 5.41) is 0. The molecule has 1 aromatic rings. The fourth-order valence-electron chi connectivity index (χ4n) is 2.01. The van der Waals surface area contributed by atoms with E-state index in [9.17, 15) is 0 Å². The summed E-state index contributed by atoms with van der Waals surface area (Å²) < 4.78 is 0. The van der Waals surface area contributed by atoms with Crippen molar-refractivity contribution in [2.24, 2.45) is 5.92 Å². The van der Waals surface area contributed by atoms with Crippen LogP contribution < -0.4 is 10.6 Å². The van der Waals surface area contributed by atoms with E-state index in [1.54, 1.807) is 0 Å². The van der Waals surface area contributed by atoms with Crippen molar-refractivity contribution < 1.29 is 0 Å². The van der Waals surface area contributed by atoms with E-state index in [4.69, 9.17) is 5.73 Å². The van der Waals surface area contributed by atoms with Gasteiger partial charge in [0, 0.05) is 25.1 Å². The molecule has 17 heavy (non-hydrogen) atoms. The van der Waals surface area contributed by atoms with Gasteiger partial charge >= 0.3 is 0 Å². The van der Waals surface area contributed by atoms with Gasteiger partial charge in [0.25, 0.3) is 0 Å². The molecule has 0 radical (unpaired) electrons. The monoisotopic (exact) mass is 234 g/mol. The lowest BCUT2D eigenvalue weighted by Gasteiger charge is -2.26. The third-order valence-electron chi connectivity index (χ3n) is 3.54. The predicted molar refractivity (Wildman–Crippen MR) is 71.1 cm³/mol. The zero-order chi connectivity index (χ0) is 12.6. The molecule has 4 heteroatoms. The molecule has 1 heterocycles. The molecule has 94 valence electrons. The molecule has 1 saturated carbocycles. The maximum Gasteiger partial charge on any atom is 0.135 e. The van der Waals surface area contributed by atoms with Gasteiger partial charge in [0.15, 0.2) is 0 Å². The quantitative estimate of drug-likeness (QED) is 0.869. The first-order valence-corrected chi connectivity index (χ1v) is 6.36. The maximum absolute atomic E-state index is 5.85. The maximum atomic E-state index is 5.85. The Hall–Kier alpha value is -1.32. The van der Waals surface area contributed by atoms with Crippen LogP contribution in [0.25, 0.3) is 0 Å². The molecule has 0 aliphatic heterocycles. The second-order valence-corrected chi connectivity index (χ2v) is 5.35. The van der Waals surface area contributed by atoms with Crippen molar-refractivity contribution in [3.8, 4) is 0 Å². The van der Waals surface area contributed by atoms with Crippen LogP contribution in [0.4, 0.5) is 11.6 Å². The van der Waals surface area contributed by atoms with E-state index in [0.717, 1.165) is 17.6 Å². The van der Waals surface area contributed by atoms with Crippen LogP contribution in [0.1, 0.15) is 45.4 Å². The number of nitrogens with two attached hydrogens (primary N) is 1. The van der Waals surface area contributed by atoms with Crippen molar-refractivity contribution in [1.82, 2.24) is 9.97 Å². The minimum Gasteiger partial charge on any atom is -0.384 e. The van der Waals surface area contributed by atoms with Crippen molar-refractivity contribution in [1.29, 1.82) is 0 Å². The molecule has 1 unspecified atom stereocenters. The predicted octanol–water partition coefficient (Wildman–Crippen LogP) is 2.42. The lowest BCUT2D eigenvalue weighted by molar-refractivity contribution is 0.600. The van der Waals surface area contributed by atoms with Crippen molar-refractivity contribution in [3.05, 3.63) is 11.9 Å². The lowest BCUT2D eigenvalue weighted by atomic mass is 10.2. The fourth-order valence-corrected chi connectivity index (χ4v) is 2.01. The molecular formula is C13H22N4. The van der Waals surface area contributed by atoms with Crippen LogP contribution in [0.5, 0.6) is 0 Å². The van der Waals surface area contributed by atoms with E-state index < -0.39 is 0 Å². The Labute approximate surface area is 103 Å². The van der Waals surface area contributed by atoms with Gasteiger partial charge in [0.05, 0.1) is 0 Å². The molecule has 1 aliphatic rings. The summed E-state index contributed by atoms with van der Waals surface area (Å²) in [5.74, 6) is 3.46. The highest BCUT2D eigenvalue weighted by atomic mass is 15.2. The van der Waals surface area contributed by atoms with E-state index in [0.29, 0.717) is 17.8 Å². The van der Waals surface area contributed by atoms with Crippen molar-refractivity contribution in [2.45, 2.75) is 45.6 Å². The summed E-state index contributed by atoms with van der Waals surface area (Å²) in [5.41, 5.74) is 5.85. The van der Waals surface area contributed by atoms with Gasteiger partial charge < -0.3 is 10.6 Å². The summed E-state index contributed by atoms with van der Waals surface area (Å²) in [6.07, 6.45) is 2.67. The largest absolute Gasteiger partial charge is 0.384 e. The van der Waals surface area contributed by atoms with Crippen LogP contribution in [0.3, 0.4) is 0 Å². The molecule has 1 fully saturated rings. The number of nitrogen functional groups attached to an aromatic ring is 1. The summed E-state index contributed by atoms with van der Waals surface area (Å²) in [6.45, 7) is 6.43. The molecule has 0 aromatic carbocycles. The van der Waals surface area contributed by atoms with Gasteiger partial charge in [-0.05, 0) is 25.7 Å². The minimum absolute atomic E-state index is 0.307. The number of nitrogens with zero attached hydrogens (tertiary/aromatic N) is 3. The Bertz CT molecular complexity index is 398. The number of hydrogen-bond acceptors (Lipinski definition) is 4. The Morgan fingerprint density at radius 1 is 1.29 bits per heavy atom. The average molecular weight is 234 g/mol. The van der Waals surface area contributed by atoms with E-state index in [1.165, 1.54) is 12.8 Å². The van der Waals surface area contributed by atoms with Gasteiger partial charge in [0.1, 0.15) is 17.5 Å². The van der Waals surface area contributed by atoms with Crippen molar-refractivity contribution in [3.63, 3.8) is 0 Å². The van der Waals surface area contributed by atoms with Gasteiger partial charge in [-0.3, -0.25) is 0 Å². The van der Waals surface area contributed by atoms with Crippen LogP contribution in [-0.2, 0) is 0 Å². The molecule has 0 amide bonds. The summed E-state index contributed by atoms with van der Waals surface area (Å²) in [7, 11) is 2.09. The first-order chi connectivity index (χ1) is 7.99. The molecule has 2 rings (SSSR count). The van der Waals surface area contributed by atoms with Gasteiger partial charge in [-0.15, -0.1) is 0 Å². The van der Waals surface area contributed by atoms with Crippen LogP contribution in [0.15, 0.2) is 6.07 Å². The second-order valence-electron chi connectivity index (χ2n) is 5.35. The van der Waals surface area contributed by atoms with Crippen LogP contribution in [-0.4, -0.2) is 23.1 Å². The number of rotatable bonds is 4. The molecule has 1 aromatic heterocycles. The highest BCUT2D eigenvalue weighted by molar-refractivity contribution is 5.47. The van der Waals surface area contributed by atoms with Gasteiger partial charge in [-0.1, -0.05) is 13.8 Å².